The molecular weight excluding hydrogens is 212 g/mol. The van der Waals surface area contributed by atoms with Crippen molar-refractivity contribution in [3.05, 3.63) is 0 Å². The van der Waals surface area contributed by atoms with Crippen LogP contribution < -0.4 is 5.32 Å². The molecule has 1 heterocycles. The van der Waals surface area contributed by atoms with Gasteiger partial charge in [-0.2, -0.15) is 0 Å². The minimum absolute atomic E-state index is 0.575. The van der Waals surface area contributed by atoms with Crippen molar-refractivity contribution in [2.24, 2.45) is 5.92 Å². The standard InChI is InChI=1S/C14H30N2O/c1-4-7-9-16(6-3)10-13-11-17-12-14(13)15-8-5-2/h13-15H,4-12H2,1-3H3. The normalized spacial score (nSPS) is 24.7. The van der Waals surface area contributed by atoms with Gasteiger partial charge in [0.15, 0.2) is 0 Å². The third-order valence-corrected chi connectivity index (χ3v) is 3.62. The van der Waals surface area contributed by atoms with Crippen LogP contribution in [0.5, 0.6) is 0 Å². The molecule has 0 aromatic rings. The van der Waals surface area contributed by atoms with Crippen LogP contribution in [0.1, 0.15) is 40.0 Å². The van der Waals surface area contributed by atoms with E-state index in [4.69, 9.17) is 4.74 Å². The molecule has 2 atom stereocenters. The van der Waals surface area contributed by atoms with Crippen LogP contribution in [-0.4, -0.2) is 50.3 Å². The van der Waals surface area contributed by atoms with Gasteiger partial charge in [0, 0.05) is 18.5 Å². The Bertz CT molecular complexity index is 187. The van der Waals surface area contributed by atoms with Crippen molar-refractivity contribution in [3.63, 3.8) is 0 Å². The highest BCUT2D eigenvalue weighted by Gasteiger charge is 2.28. The largest absolute Gasteiger partial charge is 0.379 e. The van der Waals surface area contributed by atoms with Crippen molar-refractivity contribution < 1.29 is 4.74 Å². The first-order valence-corrected chi connectivity index (χ1v) is 7.35. The summed E-state index contributed by atoms with van der Waals surface area (Å²) < 4.78 is 5.63. The minimum atomic E-state index is 0.575. The molecule has 102 valence electrons. The van der Waals surface area contributed by atoms with Crippen molar-refractivity contribution in [1.29, 1.82) is 0 Å². The van der Waals surface area contributed by atoms with Gasteiger partial charge in [0.25, 0.3) is 0 Å². The van der Waals surface area contributed by atoms with E-state index in [0.717, 1.165) is 26.3 Å². The summed E-state index contributed by atoms with van der Waals surface area (Å²) in [6, 6.07) is 0.575. The Labute approximate surface area is 107 Å². The van der Waals surface area contributed by atoms with Crippen LogP contribution >= 0.6 is 0 Å². The molecule has 0 saturated carbocycles. The molecule has 0 amide bonds. The molecule has 1 fully saturated rings. The van der Waals surface area contributed by atoms with Crippen LogP contribution in [-0.2, 0) is 4.74 Å². The third-order valence-electron chi connectivity index (χ3n) is 3.62. The summed E-state index contributed by atoms with van der Waals surface area (Å²) in [5, 5.41) is 3.62. The zero-order valence-electron chi connectivity index (χ0n) is 11.9. The van der Waals surface area contributed by atoms with Gasteiger partial charge in [0.1, 0.15) is 0 Å². The fourth-order valence-corrected chi connectivity index (χ4v) is 2.43. The first-order chi connectivity index (χ1) is 8.31. The Morgan fingerprint density at radius 2 is 2.00 bits per heavy atom. The molecule has 0 bridgehead atoms. The van der Waals surface area contributed by atoms with Gasteiger partial charge < -0.3 is 15.0 Å². The van der Waals surface area contributed by atoms with Gasteiger partial charge in [-0.25, -0.2) is 0 Å². The second-order valence-corrected chi connectivity index (χ2v) is 5.10. The van der Waals surface area contributed by atoms with Gasteiger partial charge in [0.2, 0.25) is 0 Å². The average molecular weight is 242 g/mol. The minimum Gasteiger partial charge on any atom is -0.379 e. The summed E-state index contributed by atoms with van der Waals surface area (Å²) >= 11 is 0. The number of nitrogens with one attached hydrogen (secondary N) is 1. The van der Waals surface area contributed by atoms with E-state index in [1.54, 1.807) is 0 Å². The maximum absolute atomic E-state index is 5.63. The van der Waals surface area contributed by atoms with Crippen LogP contribution in [0.25, 0.3) is 0 Å². The zero-order valence-corrected chi connectivity index (χ0v) is 11.9. The lowest BCUT2D eigenvalue weighted by Crippen LogP contribution is -2.42. The van der Waals surface area contributed by atoms with Crippen LogP contribution in [0, 0.1) is 5.92 Å². The zero-order chi connectivity index (χ0) is 12.5. The first kappa shape index (κ1) is 14.9. The quantitative estimate of drug-likeness (QED) is 0.670. The van der Waals surface area contributed by atoms with E-state index in [2.05, 4.69) is 31.0 Å². The molecule has 1 N–H and O–H groups in total. The van der Waals surface area contributed by atoms with Gasteiger partial charge >= 0.3 is 0 Å². The third kappa shape index (κ3) is 5.36. The first-order valence-electron chi connectivity index (χ1n) is 7.35. The molecule has 0 aliphatic carbocycles. The Kier molecular flexibility index (Phi) is 7.82. The van der Waals surface area contributed by atoms with Gasteiger partial charge in [-0.1, -0.05) is 27.2 Å². The molecule has 0 spiro atoms. The monoisotopic (exact) mass is 242 g/mol. The number of ether oxygens (including phenoxy) is 1. The molecule has 1 aliphatic heterocycles. The lowest BCUT2D eigenvalue weighted by molar-refractivity contribution is 0.168. The van der Waals surface area contributed by atoms with Crippen molar-refractivity contribution >= 4 is 0 Å². The average Bonchev–Trinajstić information content (AvgIpc) is 2.79. The lowest BCUT2D eigenvalue weighted by Gasteiger charge is -2.27. The molecular formula is C14H30N2O. The van der Waals surface area contributed by atoms with Crippen molar-refractivity contribution in [3.8, 4) is 0 Å². The summed E-state index contributed by atoms with van der Waals surface area (Å²) in [5.41, 5.74) is 0. The Balaban J connectivity index is 2.31. The second-order valence-electron chi connectivity index (χ2n) is 5.10. The molecule has 0 aromatic carbocycles. The van der Waals surface area contributed by atoms with Gasteiger partial charge in [-0.05, 0) is 32.5 Å². The maximum atomic E-state index is 5.63. The lowest BCUT2D eigenvalue weighted by atomic mass is 10.0. The predicted octanol–water partition coefficient (Wildman–Crippen LogP) is 2.12. The second kappa shape index (κ2) is 8.90. The highest BCUT2D eigenvalue weighted by atomic mass is 16.5. The van der Waals surface area contributed by atoms with E-state index in [1.807, 2.05) is 0 Å². The van der Waals surface area contributed by atoms with Crippen LogP contribution in [0.4, 0.5) is 0 Å². The summed E-state index contributed by atoms with van der Waals surface area (Å²) in [6.07, 6.45) is 3.81. The van der Waals surface area contributed by atoms with E-state index < -0.39 is 0 Å². The fraction of sp³-hybridized carbons (Fsp3) is 1.00. The van der Waals surface area contributed by atoms with Gasteiger partial charge in [-0.3, -0.25) is 0 Å². The smallest absolute Gasteiger partial charge is 0.0623 e. The Hall–Kier alpha value is -0.120. The van der Waals surface area contributed by atoms with Crippen LogP contribution in [0.2, 0.25) is 0 Å². The van der Waals surface area contributed by atoms with Gasteiger partial charge in [0.05, 0.1) is 13.2 Å². The van der Waals surface area contributed by atoms with E-state index in [9.17, 15) is 0 Å². The summed E-state index contributed by atoms with van der Waals surface area (Å²) in [4.78, 5) is 2.57. The maximum Gasteiger partial charge on any atom is 0.0623 e. The molecule has 1 rings (SSSR count). The van der Waals surface area contributed by atoms with Crippen LogP contribution in [0.15, 0.2) is 0 Å². The highest BCUT2D eigenvalue weighted by Crippen LogP contribution is 2.15. The SMILES string of the molecule is CCCCN(CC)CC1COCC1NCCC. The Morgan fingerprint density at radius 1 is 1.18 bits per heavy atom. The number of hydrogen-bond acceptors (Lipinski definition) is 3. The Morgan fingerprint density at radius 3 is 2.65 bits per heavy atom. The van der Waals surface area contributed by atoms with E-state index >= 15 is 0 Å². The van der Waals surface area contributed by atoms with E-state index in [0.29, 0.717) is 12.0 Å². The molecule has 1 aliphatic rings. The number of rotatable bonds is 9. The molecule has 3 nitrogen and oxygen atoms in total. The number of unbranched alkanes of at least 4 members (excludes halogenated alkanes) is 1. The molecule has 2 unspecified atom stereocenters. The van der Waals surface area contributed by atoms with Crippen molar-refractivity contribution in [2.45, 2.75) is 46.1 Å². The predicted molar refractivity (Wildman–Crippen MR) is 73.4 cm³/mol. The summed E-state index contributed by atoms with van der Waals surface area (Å²) in [5.74, 6) is 0.679. The van der Waals surface area contributed by atoms with Crippen LogP contribution in [0.3, 0.4) is 0 Å². The molecule has 0 aromatic heterocycles. The van der Waals surface area contributed by atoms with Crippen molar-refractivity contribution in [2.75, 3.05) is 39.4 Å². The van der Waals surface area contributed by atoms with Gasteiger partial charge in [-0.15, -0.1) is 0 Å². The van der Waals surface area contributed by atoms with E-state index in [1.165, 1.54) is 32.4 Å². The fourth-order valence-electron chi connectivity index (χ4n) is 2.43. The summed E-state index contributed by atoms with van der Waals surface area (Å²) in [6.45, 7) is 13.3. The molecule has 0 radical (unpaired) electrons. The molecule has 17 heavy (non-hydrogen) atoms. The van der Waals surface area contributed by atoms with E-state index in [-0.39, 0.29) is 0 Å². The number of nitrogens with zero attached hydrogens (tertiary/aromatic N) is 1. The number of hydrogen-bond donors (Lipinski definition) is 1. The van der Waals surface area contributed by atoms with Crippen molar-refractivity contribution in [1.82, 2.24) is 10.2 Å². The molecule has 1 saturated heterocycles. The molecule has 3 heteroatoms. The summed E-state index contributed by atoms with van der Waals surface area (Å²) in [7, 11) is 0. The highest BCUT2D eigenvalue weighted by molar-refractivity contribution is 4.83. The topological polar surface area (TPSA) is 24.5 Å².